The maximum Gasteiger partial charge on any atom is 0.416 e. The monoisotopic (exact) mass is 360 g/mol. The highest BCUT2D eigenvalue weighted by Crippen LogP contribution is 2.36. The molecule has 0 spiro atoms. The molecular weight excluding hydrogens is 345 g/mol. The van der Waals surface area contributed by atoms with Crippen molar-refractivity contribution < 1.29 is 30.9 Å². The molecule has 1 aromatic heterocycles. The number of hydrogen-bond acceptors (Lipinski definition) is 0. The number of allylic oxidation sites excluding steroid dienone is 1. The fraction of sp³-hybridized carbons (Fsp3) is 0.312. The van der Waals surface area contributed by atoms with Crippen molar-refractivity contribution in [1.29, 1.82) is 0 Å². The van der Waals surface area contributed by atoms with Gasteiger partial charge in [-0.2, -0.15) is 33.6 Å². The van der Waals surface area contributed by atoms with Gasteiger partial charge in [-0.3, -0.25) is 14.6 Å². The molecule has 0 bridgehead atoms. The number of halogens is 6. The fourth-order valence-electron chi connectivity index (χ4n) is 2.38. The van der Waals surface area contributed by atoms with Crippen LogP contribution in [0.2, 0.25) is 0 Å². The van der Waals surface area contributed by atoms with Crippen LogP contribution < -0.4 is 10.3 Å². The summed E-state index contributed by atoms with van der Waals surface area (Å²) in [4.78, 5) is 0. The molecule has 0 fully saturated rings. The van der Waals surface area contributed by atoms with Gasteiger partial charge in [-0.05, 0) is 23.8 Å². The summed E-state index contributed by atoms with van der Waals surface area (Å²) in [5.74, 6) is 0. The minimum absolute atomic E-state index is 0.119. The molecule has 2 rings (SSSR count). The third kappa shape index (κ3) is 4.67. The zero-order valence-corrected chi connectivity index (χ0v) is 13.7. The third-order valence-corrected chi connectivity index (χ3v) is 3.60. The summed E-state index contributed by atoms with van der Waals surface area (Å²) in [5, 5.41) is 0. The van der Waals surface area contributed by atoms with Gasteiger partial charge in [0.2, 0.25) is 0 Å². The summed E-state index contributed by atoms with van der Waals surface area (Å²) in [5.41, 5.74) is -1.55. The second-order valence-electron chi connectivity index (χ2n) is 5.75. The van der Waals surface area contributed by atoms with Crippen LogP contribution in [0.3, 0.4) is 0 Å². The molecule has 134 valence electrons. The Hall–Kier alpha value is -2.19. The van der Waals surface area contributed by atoms with E-state index in [9.17, 15) is 26.3 Å². The van der Waals surface area contributed by atoms with E-state index in [-0.39, 0.29) is 11.6 Å². The third-order valence-electron chi connectivity index (χ3n) is 3.60. The molecule has 0 atom stereocenters. The van der Waals surface area contributed by atoms with Gasteiger partial charge in [-0.25, -0.2) is 0 Å². The normalized spacial score (nSPS) is 13.4. The molecule has 0 aliphatic heterocycles. The van der Waals surface area contributed by atoms with Gasteiger partial charge in [0.1, 0.15) is 12.4 Å². The van der Waals surface area contributed by atoms with Gasteiger partial charge in [-0.15, -0.1) is 0 Å². The molecule has 2 aromatic rings. The lowest BCUT2D eigenvalue weighted by molar-refractivity contribution is -0.652. The smallest absolute Gasteiger partial charge is 0.291 e. The highest BCUT2D eigenvalue weighted by Gasteiger charge is 2.36. The van der Waals surface area contributed by atoms with Crippen molar-refractivity contribution in [2.45, 2.75) is 19.3 Å². The zero-order chi connectivity index (χ0) is 19.0. The molecule has 1 aromatic carbocycles. The van der Waals surface area contributed by atoms with Crippen LogP contribution in [0.1, 0.15) is 23.6 Å². The Labute approximate surface area is 141 Å². The van der Waals surface area contributed by atoms with E-state index in [1.807, 2.05) is 0 Å². The van der Waals surface area contributed by atoms with Gasteiger partial charge < -0.3 is 0 Å². The van der Waals surface area contributed by atoms with E-state index in [1.54, 1.807) is 49.8 Å². The first-order chi connectivity index (χ1) is 11.4. The standard InChI is InChI=1S/C16H15BF6N2/c1-10(17-14-24(2)4-5-25(14)3)6-11-7-12(15(18,19)20)9-13(8-11)16(21,22)23/h4-9H,1-3H3/b10-6-. The topological polar surface area (TPSA) is 8.81 Å². The lowest BCUT2D eigenvalue weighted by Gasteiger charge is -2.17. The summed E-state index contributed by atoms with van der Waals surface area (Å²) < 4.78 is 80.9. The van der Waals surface area contributed by atoms with Gasteiger partial charge in [0.05, 0.1) is 25.2 Å². The Morgan fingerprint density at radius 1 is 1.04 bits per heavy atom. The second kappa shape index (κ2) is 6.61. The van der Waals surface area contributed by atoms with Crippen molar-refractivity contribution in [3.05, 3.63) is 52.8 Å². The van der Waals surface area contributed by atoms with Crippen LogP contribution in [-0.4, -0.2) is 11.8 Å². The average Bonchev–Trinajstić information content (AvgIpc) is 2.77. The number of benzene rings is 1. The highest BCUT2D eigenvalue weighted by molar-refractivity contribution is 6.59. The first kappa shape index (κ1) is 19.1. The summed E-state index contributed by atoms with van der Waals surface area (Å²) in [6.07, 6.45) is -4.86. The van der Waals surface area contributed by atoms with Crippen LogP contribution in [0.5, 0.6) is 0 Å². The van der Waals surface area contributed by atoms with Crippen molar-refractivity contribution in [1.82, 2.24) is 4.57 Å². The van der Waals surface area contributed by atoms with E-state index in [1.165, 1.54) is 6.08 Å². The first-order valence-electron chi connectivity index (χ1n) is 7.21. The number of nitrogens with zero attached hydrogens (tertiary/aromatic N) is 2. The Bertz CT molecular complexity index is 750. The molecule has 2 radical (unpaired) electrons. The second-order valence-corrected chi connectivity index (χ2v) is 5.75. The van der Waals surface area contributed by atoms with Crippen LogP contribution in [0.25, 0.3) is 6.08 Å². The Kier molecular flexibility index (Phi) is 5.06. The number of imidazole rings is 1. The minimum atomic E-state index is -4.86. The van der Waals surface area contributed by atoms with E-state index < -0.39 is 23.5 Å². The highest BCUT2D eigenvalue weighted by atomic mass is 19.4. The lowest BCUT2D eigenvalue weighted by Crippen LogP contribution is -2.49. The maximum absolute atomic E-state index is 12.9. The molecule has 9 heteroatoms. The molecule has 0 saturated heterocycles. The number of aromatic nitrogens is 2. The van der Waals surface area contributed by atoms with Crippen LogP contribution >= 0.6 is 0 Å². The van der Waals surface area contributed by atoms with Crippen LogP contribution in [0.15, 0.2) is 36.1 Å². The minimum Gasteiger partial charge on any atom is -0.291 e. The van der Waals surface area contributed by atoms with Crippen molar-refractivity contribution in [3.8, 4) is 0 Å². The average molecular weight is 360 g/mol. The number of hydrogen-bond donors (Lipinski definition) is 0. The largest absolute Gasteiger partial charge is 0.416 e. The van der Waals surface area contributed by atoms with Gasteiger partial charge in [0.15, 0.2) is 0 Å². The molecule has 0 unspecified atom stereocenters. The quantitative estimate of drug-likeness (QED) is 0.451. The SMILES string of the molecule is C/C([B-]c1n(C)cc[n+]1C)=C/c1cc(C(F)(F)F)cc(C(F)(F)F)c1. The molecule has 0 N–H and O–H groups in total. The number of aryl methyl sites for hydroxylation is 2. The zero-order valence-electron chi connectivity index (χ0n) is 13.7. The van der Waals surface area contributed by atoms with Gasteiger partial charge in [0.25, 0.3) is 0 Å². The van der Waals surface area contributed by atoms with Crippen molar-refractivity contribution in [2.75, 3.05) is 0 Å². The van der Waals surface area contributed by atoms with Crippen molar-refractivity contribution >= 4 is 19.1 Å². The first-order valence-corrected chi connectivity index (χ1v) is 7.21. The molecule has 1 heterocycles. The Balaban J connectivity index is 2.43. The molecule has 0 saturated carbocycles. The summed E-state index contributed by atoms with van der Waals surface area (Å²) in [7, 11) is 5.24. The lowest BCUT2D eigenvalue weighted by atomic mass is 9.68. The molecule has 0 aliphatic carbocycles. The summed E-state index contributed by atoms with van der Waals surface area (Å²) in [6, 6.07) is 1.53. The molecule has 25 heavy (non-hydrogen) atoms. The number of rotatable bonds is 3. The fourth-order valence-corrected chi connectivity index (χ4v) is 2.38. The van der Waals surface area contributed by atoms with E-state index in [2.05, 4.69) is 0 Å². The summed E-state index contributed by atoms with van der Waals surface area (Å²) >= 11 is 0. The predicted octanol–water partition coefficient (Wildman–Crippen LogP) is 3.28. The van der Waals surface area contributed by atoms with E-state index in [0.29, 0.717) is 17.6 Å². The van der Waals surface area contributed by atoms with Crippen LogP contribution in [0.4, 0.5) is 26.3 Å². The van der Waals surface area contributed by atoms with Gasteiger partial charge in [-0.1, -0.05) is 13.0 Å². The Morgan fingerprint density at radius 2 is 1.56 bits per heavy atom. The van der Waals surface area contributed by atoms with E-state index in [0.717, 1.165) is 5.72 Å². The van der Waals surface area contributed by atoms with E-state index >= 15 is 0 Å². The van der Waals surface area contributed by atoms with Gasteiger partial charge in [0, 0.05) is 5.72 Å². The van der Waals surface area contributed by atoms with Crippen molar-refractivity contribution in [3.63, 3.8) is 0 Å². The summed E-state index contributed by atoms with van der Waals surface area (Å²) in [6.45, 7) is 1.61. The van der Waals surface area contributed by atoms with Crippen LogP contribution in [0, 0.1) is 0 Å². The van der Waals surface area contributed by atoms with Crippen molar-refractivity contribution in [2.24, 2.45) is 14.1 Å². The molecule has 0 aliphatic rings. The predicted molar refractivity (Wildman–Crippen MR) is 82.1 cm³/mol. The number of alkyl halides is 6. The van der Waals surface area contributed by atoms with Gasteiger partial charge >= 0.3 is 12.4 Å². The van der Waals surface area contributed by atoms with E-state index in [4.69, 9.17) is 0 Å². The maximum atomic E-state index is 12.9. The van der Waals surface area contributed by atoms with Crippen LogP contribution in [-0.2, 0) is 26.4 Å². The Morgan fingerprint density at radius 3 is 1.96 bits per heavy atom. The molecule has 0 amide bonds. The molecule has 2 nitrogen and oxygen atoms in total. The molecular formula is C16H15BF6N2.